The maximum absolute atomic E-state index is 12.5. The van der Waals surface area contributed by atoms with Gasteiger partial charge in [0.2, 0.25) is 5.95 Å². The van der Waals surface area contributed by atoms with Crippen LogP contribution in [0, 0.1) is 0 Å². The van der Waals surface area contributed by atoms with E-state index in [0.717, 1.165) is 29.7 Å². The number of benzene rings is 1. The number of nitrogens with zero attached hydrogens (tertiary/aromatic N) is 2. The highest BCUT2D eigenvalue weighted by Crippen LogP contribution is 2.33. The summed E-state index contributed by atoms with van der Waals surface area (Å²) in [5, 5.41) is 4.11. The van der Waals surface area contributed by atoms with Gasteiger partial charge in [0.15, 0.2) is 5.78 Å². The lowest BCUT2D eigenvalue weighted by molar-refractivity contribution is -0.115. The smallest absolute Gasteiger partial charge is 0.223 e. The van der Waals surface area contributed by atoms with Crippen LogP contribution in [0.3, 0.4) is 0 Å². The number of carbonyl (C=O) groups is 1. The van der Waals surface area contributed by atoms with Gasteiger partial charge in [-0.05, 0) is 42.7 Å². The van der Waals surface area contributed by atoms with Gasteiger partial charge in [-0.3, -0.25) is 4.79 Å². The number of allylic oxidation sites excluding steroid dienone is 1. The number of rotatable bonds is 3. The molecule has 1 N–H and O–H groups in total. The molecule has 1 atom stereocenters. The van der Waals surface area contributed by atoms with Gasteiger partial charge in [0, 0.05) is 22.8 Å². The summed E-state index contributed by atoms with van der Waals surface area (Å²) in [5.41, 5.74) is 2.57. The van der Waals surface area contributed by atoms with Crippen molar-refractivity contribution in [3.05, 3.63) is 58.4 Å². The molecule has 1 aromatic carbocycles. The van der Waals surface area contributed by atoms with Gasteiger partial charge < -0.3 is 5.32 Å². The fourth-order valence-corrected chi connectivity index (χ4v) is 3.77. The number of carbonyl (C=O) groups excluding carboxylic acids is 1. The van der Waals surface area contributed by atoms with E-state index < -0.39 is 5.92 Å². The van der Waals surface area contributed by atoms with Crippen LogP contribution in [0.5, 0.6) is 0 Å². The van der Waals surface area contributed by atoms with E-state index in [1.54, 1.807) is 18.3 Å². The fraction of sp³-hybridized carbons (Fsp3) is 0.350. The number of fused-ring (bicyclic) bond motifs is 1. The van der Waals surface area contributed by atoms with Crippen molar-refractivity contribution in [2.75, 3.05) is 5.32 Å². The zero-order valence-electron chi connectivity index (χ0n) is 13.9. The van der Waals surface area contributed by atoms with Gasteiger partial charge in [0.05, 0.1) is 11.6 Å². The lowest BCUT2D eigenvalue weighted by atomic mass is 9.85. The molecule has 4 nitrogen and oxygen atoms in total. The molecular weight excluding hydrogens is 334 g/mol. The van der Waals surface area contributed by atoms with Crippen molar-refractivity contribution in [3.8, 4) is 0 Å². The van der Waals surface area contributed by atoms with Gasteiger partial charge in [-0.25, -0.2) is 9.97 Å². The monoisotopic (exact) mass is 353 g/mol. The summed E-state index contributed by atoms with van der Waals surface area (Å²) >= 11 is 5.99. The van der Waals surface area contributed by atoms with E-state index in [1.807, 2.05) is 24.3 Å². The van der Waals surface area contributed by atoms with E-state index in [0.29, 0.717) is 17.0 Å². The molecule has 5 heteroatoms. The minimum Gasteiger partial charge on any atom is -0.351 e. The van der Waals surface area contributed by atoms with Crippen LogP contribution in [-0.4, -0.2) is 21.8 Å². The number of ketones is 1. The molecule has 1 heterocycles. The fourth-order valence-electron chi connectivity index (χ4n) is 3.64. The molecule has 0 spiro atoms. The van der Waals surface area contributed by atoms with Crippen molar-refractivity contribution in [3.63, 3.8) is 0 Å². The normalized spacial score (nSPS) is 20.4. The van der Waals surface area contributed by atoms with Crippen molar-refractivity contribution in [1.29, 1.82) is 0 Å². The van der Waals surface area contributed by atoms with Crippen LogP contribution in [-0.2, 0) is 4.79 Å². The number of anilines is 1. The molecule has 1 unspecified atom stereocenters. The summed E-state index contributed by atoms with van der Waals surface area (Å²) in [7, 11) is 0. The van der Waals surface area contributed by atoms with Crippen molar-refractivity contribution in [2.45, 2.75) is 44.1 Å². The van der Waals surface area contributed by atoms with Crippen LogP contribution in [0.4, 0.5) is 5.95 Å². The molecule has 0 radical (unpaired) electrons. The average molecular weight is 354 g/mol. The van der Waals surface area contributed by atoms with E-state index in [2.05, 4.69) is 10.3 Å². The number of aromatic nitrogens is 2. The number of hydrogen-bond acceptors (Lipinski definition) is 4. The van der Waals surface area contributed by atoms with Gasteiger partial charge in [-0.1, -0.05) is 43.0 Å². The van der Waals surface area contributed by atoms with Gasteiger partial charge >= 0.3 is 0 Å². The Hall–Kier alpha value is -2.20. The van der Waals surface area contributed by atoms with Gasteiger partial charge in [-0.15, -0.1) is 0 Å². The SMILES string of the molecule is O=C1C=Cc2cnc(NC3CCCCC3)nc2C1c1ccc(Cl)cc1. The number of nitrogens with one attached hydrogen (secondary N) is 1. The Morgan fingerprint density at radius 1 is 1.04 bits per heavy atom. The third-order valence-corrected chi connectivity index (χ3v) is 5.23. The predicted molar refractivity (Wildman–Crippen MR) is 99.9 cm³/mol. The summed E-state index contributed by atoms with van der Waals surface area (Å²) in [6.07, 6.45) is 11.3. The van der Waals surface area contributed by atoms with Crippen molar-refractivity contribution < 1.29 is 4.79 Å². The molecule has 1 fully saturated rings. The minimum atomic E-state index is -0.396. The number of hydrogen-bond donors (Lipinski definition) is 1. The topological polar surface area (TPSA) is 54.9 Å². The standard InChI is InChI=1S/C20H20ClN3O/c21-15-9-6-13(7-10-15)18-17(25)11-8-14-12-22-20(24-19(14)18)23-16-4-2-1-3-5-16/h6-12,16,18H,1-5H2,(H,22,23,24). The Kier molecular flexibility index (Phi) is 4.53. The molecule has 25 heavy (non-hydrogen) atoms. The van der Waals surface area contributed by atoms with Crippen molar-refractivity contribution in [2.24, 2.45) is 0 Å². The molecule has 4 rings (SSSR count). The first-order valence-corrected chi connectivity index (χ1v) is 9.19. The first kappa shape index (κ1) is 16.3. The van der Waals surface area contributed by atoms with Crippen LogP contribution >= 0.6 is 11.6 Å². The predicted octanol–water partition coefficient (Wildman–Crippen LogP) is 4.60. The third kappa shape index (κ3) is 3.45. The van der Waals surface area contributed by atoms with E-state index in [4.69, 9.17) is 16.6 Å². The van der Waals surface area contributed by atoms with E-state index in [-0.39, 0.29) is 5.78 Å². The Labute approximate surface area is 152 Å². The largest absolute Gasteiger partial charge is 0.351 e. The molecule has 1 saturated carbocycles. The summed E-state index contributed by atoms with van der Waals surface area (Å²) in [4.78, 5) is 21.7. The van der Waals surface area contributed by atoms with Crippen molar-refractivity contribution >= 4 is 29.4 Å². The molecule has 0 amide bonds. The van der Waals surface area contributed by atoms with Crippen LogP contribution in [0.25, 0.3) is 6.08 Å². The first-order chi connectivity index (χ1) is 12.2. The third-order valence-electron chi connectivity index (χ3n) is 4.97. The van der Waals surface area contributed by atoms with Crippen molar-refractivity contribution in [1.82, 2.24) is 9.97 Å². The Morgan fingerprint density at radius 3 is 2.56 bits per heavy atom. The second-order valence-electron chi connectivity index (χ2n) is 6.73. The molecule has 0 aliphatic heterocycles. The molecule has 128 valence electrons. The maximum atomic E-state index is 12.5. The summed E-state index contributed by atoms with van der Waals surface area (Å²) in [6, 6.07) is 7.83. The highest BCUT2D eigenvalue weighted by Gasteiger charge is 2.28. The molecule has 1 aromatic heterocycles. The first-order valence-electron chi connectivity index (χ1n) is 8.81. The Balaban J connectivity index is 1.67. The zero-order chi connectivity index (χ0) is 17.2. The van der Waals surface area contributed by atoms with Gasteiger partial charge in [0.25, 0.3) is 0 Å². The maximum Gasteiger partial charge on any atom is 0.223 e. The zero-order valence-corrected chi connectivity index (χ0v) is 14.7. The van der Waals surface area contributed by atoms with Crippen LogP contribution in [0.15, 0.2) is 36.5 Å². The van der Waals surface area contributed by atoms with Crippen LogP contribution < -0.4 is 5.32 Å². The highest BCUT2D eigenvalue weighted by atomic mass is 35.5. The molecule has 2 aromatic rings. The highest BCUT2D eigenvalue weighted by molar-refractivity contribution is 6.30. The van der Waals surface area contributed by atoms with Gasteiger partial charge in [-0.2, -0.15) is 0 Å². The Bertz CT molecular complexity index is 810. The minimum absolute atomic E-state index is 0.0390. The quantitative estimate of drug-likeness (QED) is 0.875. The van der Waals surface area contributed by atoms with E-state index in [9.17, 15) is 4.79 Å². The molecular formula is C20H20ClN3O. The molecule has 2 aliphatic carbocycles. The average Bonchev–Trinajstić information content (AvgIpc) is 2.64. The van der Waals surface area contributed by atoms with Crippen LogP contribution in [0.1, 0.15) is 54.8 Å². The summed E-state index contributed by atoms with van der Waals surface area (Å²) < 4.78 is 0. The lowest BCUT2D eigenvalue weighted by Gasteiger charge is -2.24. The molecule has 0 bridgehead atoms. The van der Waals surface area contributed by atoms with E-state index >= 15 is 0 Å². The van der Waals surface area contributed by atoms with Crippen LogP contribution in [0.2, 0.25) is 5.02 Å². The lowest BCUT2D eigenvalue weighted by Crippen LogP contribution is -2.25. The second kappa shape index (κ2) is 6.96. The van der Waals surface area contributed by atoms with Gasteiger partial charge in [0.1, 0.15) is 0 Å². The summed E-state index contributed by atoms with van der Waals surface area (Å²) in [5.74, 6) is 0.261. The molecule has 0 saturated heterocycles. The second-order valence-corrected chi connectivity index (χ2v) is 7.17. The summed E-state index contributed by atoms with van der Waals surface area (Å²) in [6.45, 7) is 0. The number of halogens is 1. The van der Waals surface area contributed by atoms with E-state index in [1.165, 1.54) is 19.3 Å². The molecule has 2 aliphatic rings. The Morgan fingerprint density at radius 2 is 1.80 bits per heavy atom.